The van der Waals surface area contributed by atoms with Gasteiger partial charge in [0.15, 0.2) is 5.96 Å². The van der Waals surface area contributed by atoms with Gasteiger partial charge < -0.3 is 20.3 Å². The van der Waals surface area contributed by atoms with Crippen molar-refractivity contribution in [2.75, 3.05) is 45.3 Å². The van der Waals surface area contributed by atoms with Crippen LogP contribution < -0.4 is 15.5 Å². The lowest BCUT2D eigenvalue weighted by Crippen LogP contribution is -2.38. The van der Waals surface area contributed by atoms with Crippen LogP contribution in [0.1, 0.15) is 26.0 Å². The summed E-state index contributed by atoms with van der Waals surface area (Å²) in [7, 11) is 3.97. The number of aromatic nitrogens is 1. The van der Waals surface area contributed by atoms with Crippen LogP contribution in [0.25, 0.3) is 0 Å². The van der Waals surface area contributed by atoms with Crippen molar-refractivity contribution in [2.24, 2.45) is 4.99 Å². The first-order chi connectivity index (χ1) is 10.7. The molecule has 6 nitrogen and oxygen atoms in total. The van der Waals surface area contributed by atoms with Crippen LogP contribution in [-0.4, -0.2) is 51.3 Å². The van der Waals surface area contributed by atoms with E-state index in [0.717, 1.165) is 50.2 Å². The third kappa shape index (κ3) is 7.26. The summed E-state index contributed by atoms with van der Waals surface area (Å²) in [6.45, 7) is 7.84. The number of anilines is 1. The Morgan fingerprint density at radius 1 is 1.27 bits per heavy atom. The number of pyridine rings is 1. The molecule has 1 aromatic rings. The second-order valence-corrected chi connectivity index (χ2v) is 5.05. The molecule has 1 rings (SSSR count). The van der Waals surface area contributed by atoms with Crippen molar-refractivity contribution in [2.45, 2.75) is 26.8 Å². The SMILES string of the molecule is CCNC(=NCc1cccc(N(C)C)n1)NCCCOCC. The standard InChI is InChI=1S/C16H29N5O/c1-5-17-16(18-11-8-12-22-6-2)19-13-14-9-7-10-15(20-14)21(3)4/h7,9-10H,5-6,8,11-13H2,1-4H3,(H2,17,18,19). The molecule has 2 N–H and O–H groups in total. The fourth-order valence-corrected chi connectivity index (χ4v) is 1.83. The molecule has 124 valence electrons. The minimum absolute atomic E-state index is 0.558. The van der Waals surface area contributed by atoms with Crippen LogP contribution in [0.3, 0.4) is 0 Å². The minimum atomic E-state index is 0.558. The van der Waals surface area contributed by atoms with Crippen LogP contribution in [0, 0.1) is 0 Å². The molecule has 0 aliphatic carbocycles. The molecule has 0 spiro atoms. The van der Waals surface area contributed by atoms with Crippen LogP contribution in [0.2, 0.25) is 0 Å². The third-order valence-electron chi connectivity index (χ3n) is 2.96. The highest BCUT2D eigenvalue weighted by Crippen LogP contribution is 2.08. The summed E-state index contributed by atoms with van der Waals surface area (Å²) in [6, 6.07) is 6.00. The van der Waals surface area contributed by atoms with Crippen LogP contribution in [0.4, 0.5) is 5.82 Å². The van der Waals surface area contributed by atoms with Gasteiger partial charge in [-0.3, -0.25) is 0 Å². The lowest BCUT2D eigenvalue weighted by molar-refractivity contribution is 0.145. The molecule has 0 aliphatic rings. The normalized spacial score (nSPS) is 11.4. The first kappa shape index (κ1) is 18.2. The lowest BCUT2D eigenvalue weighted by atomic mass is 10.3. The number of guanidine groups is 1. The number of ether oxygens (including phenoxy) is 1. The van der Waals surface area contributed by atoms with Crippen molar-refractivity contribution in [3.05, 3.63) is 23.9 Å². The van der Waals surface area contributed by atoms with E-state index in [9.17, 15) is 0 Å². The third-order valence-corrected chi connectivity index (χ3v) is 2.96. The van der Waals surface area contributed by atoms with E-state index in [1.165, 1.54) is 0 Å². The van der Waals surface area contributed by atoms with Crippen molar-refractivity contribution >= 4 is 11.8 Å². The number of hydrogen-bond donors (Lipinski definition) is 2. The highest BCUT2D eigenvalue weighted by Gasteiger charge is 2.01. The molecule has 0 radical (unpaired) electrons. The molecule has 1 heterocycles. The van der Waals surface area contributed by atoms with Gasteiger partial charge in [-0.25, -0.2) is 9.98 Å². The molecule has 0 saturated heterocycles. The molecule has 0 saturated carbocycles. The fourth-order valence-electron chi connectivity index (χ4n) is 1.83. The lowest BCUT2D eigenvalue weighted by Gasteiger charge is -2.13. The molecule has 0 unspecified atom stereocenters. The van der Waals surface area contributed by atoms with Gasteiger partial charge in [-0.1, -0.05) is 6.07 Å². The quantitative estimate of drug-likeness (QED) is 0.412. The number of nitrogens with zero attached hydrogens (tertiary/aromatic N) is 3. The number of hydrogen-bond acceptors (Lipinski definition) is 4. The van der Waals surface area contributed by atoms with E-state index in [1.807, 2.05) is 44.1 Å². The van der Waals surface area contributed by atoms with Gasteiger partial charge in [-0.15, -0.1) is 0 Å². The smallest absolute Gasteiger partial charge is 0.191 e. The van der Waals surface area contributed by atoms with Crippen molar-refractivity contribution in [3.63, 3.8) is 0 Å². The van der Waals surface area contributed by atoms with Gasteiger partial charge in [-0.05, 0) is 32.4 Å². The van der Waals surface area contributed by atoms with Crippen molar-refractivity contribution in [1.82, 2.24) is 15.6 Å². The minimum Gasteiger partial charge on any atom is -0.382 e. The largest absolute Gasteiger partial charge is 0.382 e. The summed E-state index contributed by atoms with van der Waals surface area (Å²) >= 11 is 0. The van der Waals surface area contributed by atoms with Crippen LogP contribution in [0.15, 0.2) is 23.2 Å². The van der Waals surface area contributed by atoms with Crippen LogP contribution >= 0.6 is 0 Å². The second kappa shape index (κ2) is 10.8. The Bertz CT molecular complexity index is 448. The van der Waals surface area contributed by atoms with Gasteiger partial charge in [0.05, 0.1) is 12.2 Å². The Balaban J connectivity index is 2.52. The second-order valence-electron chi connectivity index (χ2n) is 5.05. The molecule has 0 aromatic carbocycles. The molecule has 0 aliphatic heterocycles. The molecule has 0 bridgehead atoms. The Morgan fingerprint density at radius 3 is 2.77 bits per heavy atom. The number of nitrogens with one attached hydrogen (secondary N) is 2. The van der Waals surface area contributed by atoms with E-state index in [1.54, 1.807) is 0 Å². The van der Waals surface area contributed by atoms with Gasteiger partial charge in [0.1, 0.15) is 5.82 Å². The Kier molecular flexibility index (Phi) is 8.98. The average Bonchev–Trinajstić information content (AvgIpc) is 2.52. The zero-order valence-electron chi connectivity index (χ0n) is 14.2. The summed E-state index contributed by atoms with van der Waals surface area (Å²) in [5.74, 6) is 1.76. The van der Waals surface area contributed by atoms with Crippen molar-refractivity contribution in [1.29, 1.82) is 0 Å². The molecular formula is C16H29N5O. The van der Waals surface area contributed by atoms with Crippen LogP contribution in [0.5, 0.6) is 0 Å². The maximum absolute atomic E-state index is 5.33. The molecule has 22 heavy (non-hydrogen) atoms. The van der Waals surface area contributed by atoms with Gasteiger partial charge in [0.2, 0.25) is 0 Å². The number of rotatable bonds is 9. The highest BCUT2D eigenvalue weighted by atomic mass is 16.5. The molecule has 0 fully saturated rings. The predicted octanol–water partition coefficient (Wildman–Crippen LogP) is 1.63. The number of aliphatic imine (C=N–C) groups is 1. The predicted molar refractivity (Wildman–Crippen MR) is 92.5 cm³/mol. The van der Waals surface area contributed by atoms with Gasteiger partial charge in [-0.2, -0.15) is 0 Å². The topological polar surface area (TPSA) is 61.8 Å². The highest BCUT2D eigenvalue weighted by molar-refractivity contribution is 5.79. The van der Waals surface area contributed by atoms with Gasteiger partial charge in [0.25, 0.3) is 0 Å². The molecule has 1 aromatic heterocycles. The molecular weight excluding hydrogens is 278 g/mol. The van der Waals surface area contributed by atoms with E-state index < -0.39 is 0 Å². The fraction of sp³-hybridized carbons (Fsp3) is 0.625. The van der Waals surface area contributed by atoms with Crippen molar-refractivity contribution < 1.29 is 4.74 Å². The first-order valence-corrected chi connectivity index (χ1v) is 7.90. The summed E-state index contributed by atoms with van der Waals surface area (Å²) in [5, 5.41) is 6.55. The first-order valence-electron chi connectivity index (χ1n) is 7.90. The molecule has 0 amide bonds. The monoisotopic (exact) mass is 307 g/mol. The van der Waals surface area contributed by atoms with E-state index in [2.05, 4.69) is 27.5 Å². The summed E-state index contributed by atoms with van der Waals surface area (Å²) in [6.07, 6.45) is 0.965. The Morgan fingerprint density at radius 2 is 2.09 bits per heavy atom. The van der Waals surface area contributed by atoms with Gasteiger partial charge in [0, 0.05) is 40.4 Å². The Hall–Kier alpha value is -1.82. The summed E-state index contributed by atoms with van der Waals surface area (Å²) in [5.41, 5.74) is 0.956. The van der Waals surface area contributed by atoms with Crippen LogP contribution in [-0.2, 0) is 11.3 Å². The molecule has 0 atom stereocenters. The summed E-state index contributed by atoms with van der Waals surface area (Å²) in [4.78, 5) is 11.1. The Labute approximate surface area is 134 Å². The average molecular weight is 307 g/mol. The maximum atomic E-state index is 5.33. The van der Waals surface area contributed by atoms with Gasteiger partial charge >= 0.3 is 0 Å². The molecule has 6 heteroatoms. The van der Waals surface area contributed by atoms with Crippen molar-refractivity contribution in [3.8, 4) is 0 Å². The van der Waals surface area contributed by atoms with E-state index in [0.29, 0.717) is 6.54 Å². The van der Waals surface area contributed by atoms with E-state index in [-0.39, 0.29) is 0 Å². The van der Waals surface area contributed by atoms with E-state index in [4.69, 9.17) is 4.74 Å². The maximum Gasteiger partial charge on any atom is 0.191 e. The summed E-state index contributed by atoms with van der Waals surface area (Å²) < 4.78 is 5.33. The zero-order chi connectivity index (χ0) is 16.2. The van der Waals surface area contributed by atoms with E-state index >= 15 is 0 Å². The zero-order valence-corrected chi connectivity index (χ0v) is 14.2.